The van der Waals surface area contributed by atoms with Crippen molar-refractivity contribution in [1.82, 2.24) is 14.9 Å². The summed E-state index contributed by atoms with van der Waals surface area (Å²) in [6, 6.07) is 6.12. The zero-order valence-corrected chi connectivity index (χ0v) is 19.1. The van der Waals surface area contributed by atoms with Crippen LogP contribution in [-0.4, -0.2) is 59.7 Å². The number of hydrogen-bond acceptors (Lipinski definition) is 6. The Hall–Kier alpha value is -2.44. The van der Waals surface area contributed by atoms with Crippen molar-refractivity contribution >= 4 is 11.5 Å². The van der Waals surface area contributed by atoms with E-state index >= 15 is 0 Å². The molecule has 168 valence electrons. The lowest BCUT2D eigenvalue weighted by Crippen LogP contribution is -2.29. The Morgan fingerprint density at radius 2 is 2.03 bits per heavy atom. The van der Waals surface area contributed by atoms with Crippen LogP contribution in [0.15, 0.2) is 35.6 Å². The Bertz CT molecular complexity index is 1030. The number of Topliss-reactive ketones (excluding diaryl/α,β-unsaturated/α-hetero) is 1. The van der Waals surface area contributed by atoms with E-state index in [9.17, 15) is 4.79 Å². The van der Waals surface area contributed by atoms with Gasteiger partial charge in [-0.3, -0.25) is 19.8 Å². The highest BCUT2D eigenvalue weighted by atomic mass is 16.5. The Kier molecular flexibility index (Phi) is 6.15. The molecule has 2 fully saturated rings. The molecule has 0 spiro atoms. The molecule has 0 aromatic carbocycles. The second-order valence-electron chi connectivity index (χ2n) is 9.70. The molecule has 2 aromatic rings. The van der Waals surface area contributed by atoms with Crippen LogP contribution in [-0.2, 0) is 22.5 Å². The SMILES string of the molecule is Cc1cc(C2=NCc3cc(CC(=O)C[C@H]4CN(C)C[C@@H]4C4CCOCC4)ncc32)ccn1. The maximum Gasteiger partial charge on any atom is 0.139 e. The van der Waals surface area contributed by atoms with Gasteiger partial charge in [0.2, 0.25) is 0 Å². The third-order valence-electron chi connectivity index (χ3n) is 7.29. The number of aryl methyl sites for hydroxylation is 1. The van der Waals surface area contributed by atoms with Crippen LogP contribution in [0.3, 0.4) is 0 Å². The predicted molar refractivity (Wildman–Crippen MR) is 124 cm³/mol. The number of ketones is 1. The normalized spacial score (nSPS) is 23.9. The smallest absolute Gasteiger partial charge is 0.139 e. The fourth-order valence-electron chi connectivity index (χ4n) is 5.76. The van der Waals surface area contributed by atoms with Gasteiger partial charge in [-0.15, -0.1) is 0 Å². The van der Waals surface area contributed by atoms with Gasteiger partial charge in [0, 0.05) is 74.1 Å². The fraction of sp³-hybridized carbons (Fsp3) is 0.538. The Morgan fingerprint density at radius 3 is 2.84 bits per heavy atom. The molecular weight excluding hydrogens is 400 g/mol. The van der Waals surface area contributed by atoms with Crippen LogP contribution < -0.4 is 0 Å². The van der Waals surface area contributed by atoms with Crippen molar-refractivity contribution in [3.63, 3.8) is 0 Å². The van der Waals surface area contributed by atoms with Gasteiger partial charge in [-0.2, -0.15) is 0 Å². The molecule has 3 aliphatic heterocycles. The molecule has 3 aliphatic rings. The van der Waals surface area contributed by atoms with E-state index in [1.807, 2.05) is 25.4 Å². The summed E-state index contributed by atoms with van der Waals surface area (Å²) in [5.41, 5.74) is 6.13. The zero-order chi connectivity index (χ0) is 22.1. The van der Waals surface area contributed by atoms with Gasteiger partial charge in [-0.05, 0) is 68.3 Å². The summed E-state index contributed by atoms with van der Waals surface area (Å²) in [7, 11) is 2.18. The number of ether oxygens (including phenoxy) is 1. The highest BCUT2D eigenvalue weighted by Gasteiger charge is 2.37. The maximum atomic E-state index is 13.0. The first-order chi connectivity index (χ1) is 15.6. The lowest BCUT2D eigenvalue weighted by molar-refractivity contribution is -0.119. The fourth-order valence-corrected chi connectivity index (χ4v) is 5.76. The van der Waals surface area contributed by atoms with Crippen LogP contribution in [0.5, 0.6) is 0 Å². The highest BCUT2D eigenvalue weighted by Crippen LogP contribution is 2.36. The van der Waals surface area contributed by atoms with Crippen LogP contribution in [0.1, 0.15) is 47.3 Å². The number of nitrogens with zero attached hydrogens (tertiary/aromatic N) is 4. The second-order valence-corrected chi connectivity index (χ2v) is 9.70. The van der Waals surface area contributed by atoms with Crippen molar-refractivity contribution in [3.05, 3.63) is 58.7 Å². The molecule has 6 nitrogen and oxygen atoms in total. The van der Waals surface area contributed by atoms with Gasteiger partial charge in [0.05, 0.1) is 12.3 Å². The standard InChI is InChI=1S/C26H32N4O2/c1-17-9-19(3-6-27-17)26-24-14-28-22(10-20(24)13-29-26)12-23(31)11-21-15-30(2)16-25(21)18-4-7-32-8-5-18/h3,6,9-10,14,18,21,25H,4-5,7-8,11-13,15-16H2,1-2H3/t21-,25+/m0/s1. The average Bonchev–Trinajstić information content (AvgIpc) is 3.37. The number of carbonyl (C=O) groups is 1. The summed E-state index contributed by atoms with van der Waals surface area (Å²) in [5, 5.41) is 0. The van der Waals surface area contributed by atoms with Gasteiger partial charge < -0.3 is 9.64 Å². The molecule has 0 unspecified atom stereocenters. The van der Waals surface area contributed by atoms with E-state index in [0.29, 0.717) is 42.9 Å². The molecule has 0 aliphatic carbocycles. The summed E-state index contributed by atoms with van der Waals surface area (Å²) in [6.07, 6.45) is 7.05. The van der Waals surface area contributed by atoms with Gasteiger partial charge in [0.15, 0.2) is 0 Å². The Labute approximate surface area is 190 Å². The molecule has 0 N–H and O–H groups in total. The summed E-state index contributed by atoms with van der Waals surface area (Å²) in [4.78, 5) is 29.1. The molecule has 6 heteroatoms. The molecule has 0 saturated carbocycles. The molecular formula is C26H32N4O2. The van der Waals surface area contributed by atoms with Crippen molar-refractivity contribution in [2.75, 3.05) is 33.4 Å². The molecule has 5 heterocycles. The molecule has 0 amide bonds. The van der Waals surface area contributed by atoms with Crippen molar-refractivity contribution in [1.29, 1.82) is 0 Å². The van der Waals surface area contributed by atoms with Crippen LogP contribution >= 0.6 is 0 Å². The number of aromatic nitrogens is 2. The van der Waals surface area contributed by atoms with Gasteiger partial charge in [0.25, 0.3) is 0 Å². The zero-order valence-electron chi connectivity index (χ0n) is 19.1. The highest BCUT2D eigenvalue weighted by molar-refractivity contribution is 6.15. The van der Waals surface area contributed by atoms with Gasteiger partial charge in [-0.25, -0.2) is 0 Å². The van der Waals surface area contributed by atoms with E-state index in [0.717, 1.165) is 72.9 Å². The minimum absolute atomic E-state index is 0.304. The first kappa shape index (κ1) is 21.4. The van der Waals surface area contributed by atoms with E-state index in [2.05, 4.69) is 34.0 Å². The van der Waals surface area contributed by atoms with E-state index in [4.69, 9.17) is 9.73 Å². The van der Waals surface area contributed by atoms with E-state index in [1.54, 1.807) is 0 Å². The van der Waals surface area contributed by atoms with Crippen molar-refractivity contribution < 1.29 is 9.53 Å². The maximum absolute atomic E-state index is 13.0. The number of likely N-dealkylation sites (tertiary alicyclic amines) is 1. The number of aliphatic imine (C=N–C) groups is 1. The number of rotatable bonds is 6. The minimum atomic E-state index is 0.304. The van der Waals surface area contributed by atoms with Crippen LogP contribution in [0.4, 0.5) is 0 Å². The molecule has 0 bridgehead atoms. The van der Waals surface area contributed by atoms with E-state index in [-0.39, 0.29) is 0 Å². The lowest BCUT2D eigenvalue weighted by Gasteiger charge is -2.30. The van der Waals surface area contributed by atoms with Crippen LogP contribution in [0.2, 0.25) is 0 Å². The van der Waals surface area contributed by atoms with Gasteiger partial charge >= 0.3 is 0 Å². The molecule has 0 radical (unpaired) electrons. The number of hydrogen-bond donors (Lipinski definition) is 0. The summed E-state index contributed by atoms with van der Waals surface area (Å²) in [5.74, 6) is 2.06. The number of fused-ring (bicyclic) bond motifs is 1. The molecule has 32 heavy (non-hydrogen) atoms. The monoisotopic (exact) mass is 432 g/mol. The van der Waals surface area contributed by atoms with E-state index < -0.39 is 0 Å². The lowest BCUT2D eigenvalue weighted by atomic mass is 9.77. The third kappa shape index (κ3) is 4.52. The Morgan fingerprint density at radius 1 is 1.19 bits per heavy atom. The van der Waals surface area contributed by atoms with Gasteiger partial charge in [0.1, 0.15) is 5.78 Å². The number of carbonyl (C=O) groups excluding carboxylic acids is 1. The van der Waals surface area contributed by atoms with Gasteiger partial charge in [-0.1, -0.05) is 0 Å². The second kappa shape index (κ2) is 9.20. The van der Waals surface area contributed by atoms with Crippen molar-refractivity contribution in [3.8, 4) is 0 Å². The molecule has 2 aromatic heterocycles. The largest absolute Gasteiger partial charge is 0.381 e. The molecule has 2 atom stereocenters. The molecule has 2 saturated heterocycles. The molecule has 5 rings (SSSR count). The summed E-state index contributed by atoms with van der Waals surface area (Å²) >= 11 is 0. The summed E-state index contributed by atoms with van der Waals surface area (Å²) < 4.78 is 5.56. The topological polar surface area (TPSA) is 67.7 Å². The Balaban J connectivity index is 1.24. The van der Waals surface area contributed by atoms with Crippen molar-refractivity contribution in [2.45, 2.75) is 39.2 Å². The minimum Gasteiger partial charge on any atom is -0.381 e. The summed E-state index contributed by atoms with van der Waals surface area (Å²) in [6.45, 7) is 6.50. The number of pyridine rings is 2. The quantitative estimate of drug-likeness (QED) is 0.701. The first-order valence-corrected chi connectivity index (χ1v) is 11.8. The van der Waals surface area contributed by atoms with E-state index in [1.165, 1.54) is 0 Å². The predicted octanol–water partition coefficient (Wildman–Crippen LogP) is 3.24. The van der Waals surface area contributed by atoms with Crippen LogP contribution in [0, 0.1) is 24.7 Å². The average molecular weight is 433 g/mol. The van der Waals surface area contributed by atoms with Crippen LogP contribution in [0.25, 0.3) is 0 Å². The first-order valence-electron chi connectivity index (χ1n) is 11.8. The third-order valence-corrected chi connectivity index (χ3v) is 7.29. The van der Waals surface area contributed by atoms with Crippen molar-refractivity contribution in [2.24, 2.45) is 22.7 Å².